The molecule has 0 saturated carbocycles. The summed E-state index contributed by atoms with van der Waals surface area (Å²) >= 11 is 6.06. The zero-order valence-electron chi connectivity index (χ0n) is 14.8. The number of hydrogen-bond acceptors (Lipinski definition) is 4. The second-order valence-corrected chi connectivity index (χ2v) is 6.77. The highest BCUT2D eigenvalue weighted by Gasteiger charge is 2.38. The van der Waals surface area contributed by atoms with Crippen LogP contribution in [0.4, 0.5) is 5.69 Å². The van der Waals surface area contributed by atoms with Gasteiger partial charge in [0.1, 0.15) is 0 Å². The van der Waals surface area contributed by atoms with Crippen LogP contribution in [0.15, 0.2) is 77.9 Å². The highest BCUT2D eigenvalue weighted by molar-refractivity contribution is 6.32. The van der Waals surface area contributed by atoms with Crippen LogP contribution >= 0.6 is 11.6 Å². The third kappa shape index (κ3) is 3.44. The number of aromatic nitrogens is 1. The lowest BCUT2D eigenvalue weighted by Gasteiger charge is -2.31. The van der Waals surface area contributed by atoms with Crippen molar-refractivity contribution in [1.82, 2.24) is 4.98 Å². The summed E-state index contributed by atoms with van der Waals surface area (Å²) in [6, 6.07) is 19.4. The number of benzene rings is 2. The molecular weight excluding hydrogens is 374 g/mol. The largest absolute Gasteiger partial charge is 0.290 e. The first-order valence-electron chi connectivity index (χ1n) is 8.78. The smallest absolute Gasteiger partial charge is 0.265 e. The number of nitrogens with zero attached hydrogens (tertiary/aromatic N) is 3. The van der Waals surface area contributed by atoms with E-state index in [4.69, 9.17) is 11.6 Å². The van der Waals surface area contributed by atoms with Crippen LogP contribution in [0, 0.1) is 0 Å². The molecule has 0 radical (unpaired) electrons. The van der Waals surface area contributed by atoms with Crippen LogP contribution in [-0.2, 0) is 11.3 Å². The molecule has 0 bridgehead atoms. The first kappa shape index (κ1) is 18.1. The van der Waals surface area contributed by atoms with E-state index < -0.39 is 5.92 Å². The topological polar surface area (TPSA) is 62.6 Å². The molecule has 0 saturated heterocycles. The number of carbonyl (C=O) groups is 2. The number of carbonyl (C=O) groups excluding carboxylic acids is 2. The van der Waals surface area contributed by atoms with Crippen LogP contribution < -0.4 is 4.90 Å². The molecule has 3 aromatic rings. The van der Waals surface area contributed by atoms with Crippen molar-refractivity contribution in [3.05, 3.63) is 94.8 Å². The maximum atomic E-state index is 13.2. The summed E-state index contributed by atoms with van der Waals surface area (Å²) in [5.74, 6) is -1.37. The normalized spacial score (nSPS) is 16.5. The van der Waals surface area contributed by atoms with Crippen molar-refractivity contribution in [2.75, 3.05) is 4.90 Å². The van der Waals surface area contributed by atoms with Gasteiger partial charge in [0.25, 0.3) is 5.91 Å². The molecule has 0 fully saturated rings. The Balaban J connectivity index is 1.71. The monoisotopic (exact) mass is 389 g/mol. The van der Waals surface area contributed by atoms with E-state index in [1.54, 1.807) is 54.9 Å². The summed E-state index contributed by atoms with van der Waals surface area (Å²) in [7, 11) is 0. The molecule has 2 amide bonds. The molecule has 138 valence electrons. The van der Waals surface area contributed by atoms with Crippen molar-refractivity contribution in [2.24, 2.45) is 4.99 Å². The van der Waals surface area contributed by atoms with Gasteiger partial charge in [0.15, 0.2) is 0 Å². The molecule has 1 aliphatic heterocycles. The molecule has 5 nitrogen and oxygen atoms in total. The summed E-state index contributed by atoms with van der Waals surface area (Å²) in [5, 5.41) is 0.456. The molecule has 0 spiro atoms. The zero-order chi connectivity index (χ0) is 19.5. The summed E-state index contributed by atoms with van der Waals surface area (Å²) in [6.07, 6.45) is 3.30. The number of anilines is 1. The van der Waals surface area contributed by atoms with Crippen molar-refractivity contribution in [1.29, 1.82) is 0 Å². The Morgan fingerprint density at radius 2 is 1.86 bits per heavy atom. The van der Waals surface area contributed by atoms with E-state index in [0.717, 1.165) is 5.69 Å². The number of pyridine rings is 1. The van der Waals surface area contributed by atoms with Gasteiger partial charge < -0.3 is 0 Å². The van der Waals surface area contributed by atoms with Crippen molar-refractivity contribution in [3.63, 3.8) is 0 Å². The summed E-state index contributed by atoms with van der Waals surface area (Å²) < 4.78 is 0. The summed E-state index contributed by atoms with van der Waals surface area (Å²) in [6.45, 7) is 0.359. The third-order valence-corrected chi connectivity index (χ3v) is 4.75. The maximum Gasteiger partial charge on any atom is 0.265 e. The van der Waals surface area contributed by atoms with E-state index in [2.05, 4.69) is 9.98 Å². The van der Waals surface area contributed by atoms with Crippen molar-refractivity contribution in [2.45, 2.75) is 12.5 Å². The predicted octanol–water partition coefficient (Wildman–Crippen LogP) is 4.28. The molecule has 1 aliphatic rings. The van der Waals surface area contributed by atoms with E-state index in [0.29, 0.717) is 28.4 Å². The molecule has 0 unspecified atom stereocenters. The highest BCUT2D eigenvalue weighted by atomic mass is 35.5. The summed E-state index contributed by atoms with van der Waals surface area (Å²) in [4.78, 5) is 36.0. The molecule has 2 heterocycles. The molecular formula is C22H16ClN3O2. The van der Waals surface area contributed by atoms with Gasteiger partial charge >= 0.3 is 0 Å². The fraction of sp³-hybridized carbons (Fsp3) is 0.0909. The Labute approximate surface area is 167 Å². The Morgan fingerprint density at radius 1 is 1.04 bits per heavy atom. The van der Waals surface area contributed by atoms with Crippen molar-refractivity contribution < 1.29 is 9.59 Å². The van der Waals surface area contributed by atoms with Crippen LogP contribution in [0.3, 0.4) is 0 Å². The predicted molar refractivity (Wildman–Crippen MR) is 109 cm³/mol. The van der Waals surface area contributed by atoms with Gasteiger partial charge in [-0.05, 0) is 42.0 Å². The Bertz CT molecular complexity index is 1070. The van der Waals surface area contributed by atoms with E-state index in [-0.39, 0.29) is 11.8 Å². The average molecular weight is 390 g/mol. The molecule has 2 aromatic carbocycles. The lowest BCUT2D eigenvalue weighted by Crippen LogP contribution is -2.45. The van der Waals surface area contributed by atoms with E-state index >= 15 is 0 Å². The molecule has 0 N–H and O–H groups in total. The standard InChI is InChI=1S/C22H16ClN3O2/c23-15-6-5-8-17(12-15)26-21(27)19-10-2-1-9-18(19)20(22(26)28)14-24-13-16-7-3-4-11-25-16/h1-12,14,20H,13H2/t20-/m0/s1. The molecule has 1 atom stereocenters. The number of halogens is 1. The van der Waals surface area contributed by atoms with Gasteiger partial charge in [0, 0.05) is 23.0 Å². The molecule has 28 heavy (non-hydrogen) atoms. The van der Waals surface area contributed by atoms with E-state index in [9.17, 15) is 9.59 Å². The second-order valence-electron chi connectivity index (χ2n) is 6.33. The fourth-order valence-electron chi connectivity index (χ4n) is 3.20. The number of fused-ring (bicyclic) bond motifs is 1. The van der Waals surface area contributed by atoms with Gasteiger partial charge in [-0.3, -0.25) is 19.6 Å². The molecule has 0 aliphatic carbocycles. The first-order chi connectivity index (χ1) is 13.6. The van der Waals surface area contributed by atoms with Crippen molar-refractivity contribution in [3.8, 4) is 0 Å². The SMILES string of the molecule is O=C1c2ccccc2[C@H](C=NCc2ccccn2)C(=O)N1c1cccc(Cl)c1. The lowest BCUT2D eigenvalue weighted by atomic mass is 9.89. The van der Waals surface area contributed by atoms with Crippen LogP contribution in [-0.4, -0.2) is 23.0 Å². The zero-order valence-corrected chi connectivity index (χ0v) is 15.6. The molecule has 6 heteroatoms. The maximum absolute atomic E-state index is 13.2. The Kier molecular flexibility index (Phi) is 5.00. The Morgan fingerprint density at radius 3 is 2.64 bits per heavy atom. The average Bonchev–Trinajstić information content (AvgIpc) is 2.71. The van der Waals surface area contributed by atoms with Gasteiger partial charge in [0.05, 0.1) is 23.8 Å². The third-order valence-electron chi connectivity index (χ3n) is 4.52. The highest BCUT2D eigenvalue weighted by Crippen LogP contribution is 2.32. The van der Waals surface area contributed by atoms with Crippen LogP contribution in [0.5, 0.6) is 0 Å². The number of aliphatic imine (C=N–C) groups is 1. The van der Waals surface area contributed by atoms with Crippen LogP contribution in [0.25, 0.3) is 0 Å². The minimum Gasteiger partial charge on any atom is -0.290 e. The van der Waals surface area contributed by atoms with Crippen LogP contribution in [0.1, 0.15) is 27.5 Å². The lowest BCUT2D eigenvalue weighted by molar-refractivity contribution is -0.118. The number of amides is 2. The fourth-order valence-corrected chi connectivity index (χ4v) is 3.39. The Hall–Kier alpha value is -3.31. The number of imide groups is 1. The first-order valence-corrected chi connectivity index (χ1v) is 9.15. The van der Waals surface area contributed by atoms with Crippen molar-refractivity contribution >= 4 is 35.3 Å². The van der Waals surface area contributed by atoms with Gasteiger partial charge in [0.2, 0.25) is 5.91 Å². The minimum absolute atomic E-state index is 0.351. The van der Waals surface area contributed by atoms with Gasteiger partial charge in [-0.2, -0.15) is 0 Å². The second kappa shape index (κ2) is 7.74. The summed E-state index contributed by atoms with van der Waals surface area (Å²) in [5.41, 5.74) is 2.38. The van der Waals surface area contributed by atoms with Gasteiger partial charge in [-0.25, -0.2) is 4.90 Å². The van der Waals surface area contributed by atoms with Gasteiger partial charge in [-0.1, -0.05) is 41.9 Å². The van der Waals surface area contributed by atoms with E-state index in [1.807, 2.05) is 24.3 Å². The number of hydrogen-bond donors (Lipinski definition) is 0. The van der Waals surface area contributed by atoms with Gasteiger partial charge in [-0.15, -0.1) is 0 Å². The molecule has 4 rings (SSSR count). The minimum atomic E-state index is -0.656. The molecule has 1 aromatic heterocycles. The van der Waals surface area contributed by atoms with Crippen LogP contribution in [0.2, 0.25) is 5.02 Å². The number of rotatable bonds is 4. The van der Waals surface area contributed by atoms with E-state index in [1.165, 1.54) is 4.90 Å². The quantitative estimate of drug-likeness (QED) is 0.494.